The molecule has 0 bridgehead atoms. The maximum atomic E-state index is 11.4. The summed E-state index contributed by atoms with van der Waals surface area (Å²) >= 11 is 5.78. The van der Waals surface area contributed by atoms with Gasteiger partial charge in [0.05, 0.1) is 17.2 Å². The van der Waals surface area contributed by atoms with Crippen molar-refractivity contribution in [3.8, 4) is 0 Å². The van der Waals surface area contributed by atoms with E-state index in [4.69, 9.17) is 21.4 Å². The minimum atomic E-state index is -0.455. The number of aliphatic hydroxyl groups excluding tert-OH is 1. The molecule has 1 aromatic carbocycles. The Morgan fingerprint density at radius 1 is 1.43 bits per heavy atom. The van der Waals surface area contributed by atoms with Crippen LogP contribution in [0.4, 0.5) is 0 Å². The summed E-state index contributed by atoms with van der Waals surface area (Å²) in [5, 5.41) is 8.86. The Hall–Kier alpha value is -1.06. The molecule has 3 nitrogen and oxygen atoms in total. The van der Waals surface area contributed by atoms with Crippen LogP contribution in [0.25, 0.3) is 0 Å². The summed E-state index contributed by atoms with van der Waals surface area (Å²) in [6.07, 6.45) is 0.441. The van der Waals surface area contributed by atoms with Crippen molar-refractivity contribution < 1.29 is 14.6 Å². The van der Waals surface area contributed by atoms with Crippen molar-refractivity contribution in [2.45, 2.75) is 6.42 Å². The Morgan fingerprint density at radius 3 is 2.79 bits per heavy atom. The Balaban J connectivity index is 2.56. The minimum absolute atomic E-state index is 0.00972. The fourth-order valence-corrected chi connectivity index (χ4v) is 1.15. The van der Waals surface area contributed by atoms with Crippen LogP contribution in [-0.2, 0) is 4.74 Å². The number of carbonyl (C=O) groups excluding carboxylic acids is 1. The van der Waals surface area contributed by atoms with E-state index in [0.717, 1.165) is 0 Å². The molecule has 0 saturated carbocycles. The lowest BCUT2D eigenvalue weighted by molar-refractivity contribution is 0.0482. The van der Waals surface area contributed by atoms with Crippen LogP contribution in [0.2, 0.25) is 5.02 Å². The van der Waals surface area contributed by atoms with Crippen LogP contribution < -0.4 is 0 Å². The predicted molar refractivity (Wildman–Crippen MR) is 53.4 cm³/mol. The molecule has 1 rings (SSSR count). The van der Waals surface area contributed by atoms with Crippen molar-refractivity contribution in [1.82, 2.24) is 0 Å². The Kier molecular flexibility index (Phi) is 4.43. The van der Waals surface area contributed by atoms with Crippen molar-refractivity contribution >= 4 is 17.6 Å². The summed E-state index contributed by atoms with van der Waals surface area (Å²) in [6, 6.07) is 6.69. The SMILES string of the molecule is O=C(OCCCO)c1ccccc1Cl. The lowest BCUT2D eigenvalue weighted by Crippen LogP contribution is -2.07. The number of benzene rings is 1. The molecule has 4 heteroatoms. The molecule has 0 aromatic heterocycles. The van der Waals surface area contributed by atoms with E-state index in [-0.39, 0.29) is 13.2 Å². The van der Waals surface area contributed by atoms with Gasteiger partial charge in [0.1, 0.15) is 0 Å². The van der Waals surface area contributed by atoms with E-state index in [1.807, 2.05) is 0 Å². The van der Waals surface area contributed by atoms with Crippen LogP contribution in [0.1, 0.15) is 16.8 Å². The fourth-order valence-electron chi connectivity index (χ4n) is 0.934. The second-order valence-electron chi connectivity index (χ2n) is 2.69. The van der Waals surface area contributed by atoms with Crippen molar-refractivity contribution in [2.24, 2.45) is 0 Å². The topological polar surface area (TPSA) is 46.5 Å². The molecule has 0 aliphatic rings. The zero-order valence-corrected chi connectivity index (χ0v) is 8.33. The molecule has 0 atom stereocenters. The van der Waals surface area contributed by atoms with Crippen molar-refractivity contribution in [3.63, 3.8) is 0 Å². The number of ether oxygens (including phenoxy) is 1. The first-order valence-corrected chi connectivity index (χ1v) is 4.66. The summed E-state index contributed by atoms with van der Waals surface area (Å²) in [4.78, 5) is 11.4. The van der Waals surface area contributed by atoms with Gasteiger partial charge in [-0.1, -0.05) is 23.7 Å². The van der Waals surface area contributed by atoms with Crippen LogP contribution in [0.15, 0.2) is 24.3 Å². The average Bonchev–Trinajstić information content (AvgIpc) is 2.18. The lowest BCUT2D eigenvalue weighted by Gasteiger charge is -2.04. The first kappa shape index (κ1) is 11.0. The molecule has 0 spiro atoms. The molecule has 1 N–H and O–H groups in total. The molecular formula is C10H11ClO3. The molecule has 14 heavy (non-hydrogen) atoms. The maximum absolute atomic E-state index is 11.4. The largest absolute Gasteiger partial charge is 0.462 e. The minimum Gasteiger partial charge on any atom is -0.462 e. The van der Waals surface area contributed by atoms with Crippen LogP contribution in [0, 0.1) is 0 Å². The quantitative estimate of drug-likeness (QED) is 0.615. The van der Waals surface area contributed by atoms with E-state index in [0.29, 0.717) is 17.0 Å². The molecule has 0 radical (unpaired) electrons. The highest BCUT2D eigenvalue weighted by Gasteiger charge is 2.09. The molecule has 76 valence electrons. The summed E-state index contributed by atoms with van der Waals surface area (Å²) in [6.45, 7) is 0.219. The Labute approximate surface area is 87.3 Å². The van der Waals surface area contributed by atoms with Gasteiger partial charge in [0, 0.05) is 13.0 Å². The van der Waals surface area contributed by atoms with Gasteiger partial charge in [-0.15, -0.1) is 0 Å². The van der Waals surface area contributed by atoms with Gasteiger partial charge >= 0.3 is 5.97 Å². The first-order valence-electron chi connectivity index (χ1n) is 4.28. The summed E-state index contributed by atoms with van der Waals surface area (Å²) < 4.78 is 4.87. The first-order chi connectivity index (χ1) is 6.75. The normalized spacial score (nSPS) is 9.86. The summed E-state index contributed by atoms with van der Waals surface area (Å²) in [5.74, 6) is -0.455. The van der Waals surface area contributed by atoms with Gasteiger partial charge in [-0.25, -0.2) is 4.79 Å². The average molecular weight is 215 g/mol. The van der Waals surface area contributed by atoms with E-state index in [1.165, 1.54) is 0 Å². The van der Waals surface area contributed by atoms with Crippen LogP contribution in [0.5, 0.6) is 0 Å². The third-order valence-electron chi connectivity index (χ3n) is 1.63. The Bertz CT molecular complexity index is 312. The summed E-state index contributed by atoms with van der Waals surface area (Å²) in [5.41, 5.74) is 0.354. The van der Waals surface area contributed by atoms with E-state index in [2.05, 4.69) is 0 Å². The zero-order chi connectivity index (χ0) is 10.4. The van der Waals surface area contributed by atoms with Crippen LogP contribution in [0.3, 0.4) is 0 Å². The fraction of sp³-hybridized carbons (Fsp3) is 0.300. The monoisotopic (exact) mass is 214 g/mol. The number of halogens is 1. The number of hydrogen-bond acceptors (Lipinski definition) is 3. The number of aliphatic hydroxyl groups is 1. The van der Waals surface area contributed by atoms with Crippen molar-refractivity contribution in [1.29, 1.82) is 0 Å². The molecule has 0 aliphatic heterocycles. The number of carbonyl (C=O) groups is 1. The predicted octanol–water partition coefficient (Wildman–Crippen LogP) is 1.88. The van der Waals surface area contributed by atoms with Gasteiger partial charge < -0.3 is 9.84 Å². The number of rotatable bonds is 4. The third kappa shape index (κ3) is 3.01. The molecular weight excluding hydrogens is 204 g/mol. The van der Waals surface area contributed by atoms with Crippen LogP contribution >= 0.6 is 11.6 Å². The van der Waals surface area contributed by atoms with E-state index >= 15 is 0 Å². The molecule has 0 fully saturated rings. The number of hydrogen-bond donors (Lipinski definition) is 1. The standard InChI is InChI=1S/C10H11ClO3/c11-9-5-2-1-4-8(9)10(13)14-7-3-6-12/h1-2,4-5,12H,3,6-7H2. The van der Waals surface area contributed by atoms with Gasteiger partial charge in [0.25, 0.3) is 0 Å². The van der Waals surface area contributed by atoms with E-state index in [9.17, 15) is 4.79 Å². The second kappa shape index (κ2) is 5.62. The van der Waals surface area contributed by atoms with E-state index in [1.54, 1.807) is 24.3 Å². The summed E-state index contributed by atoms with van der Waals surface area (Å²) in [7, 11) is 0. The lowest BCUT2D eigenvalue weighted by atomic mass is 10.2. The highest BCUT2D eigenvalue weighted by atomic mass is 35.5. The zero-order valence-electron chi connectivity index (χ0n) is 7.57. The highest BCUT2D eigenvalue weighted by Crippen LogP contribution is 2.15. The third-order valence-corrected chi connectivity index (χ3v) is 1.96. The molecule has 0 heterocycles. The molecule has 0 saturated heterocycles. The van der Waals surface area contributed by atoms with Gasteiger partial charge in [0.2, 0.25) is 0 Å². The van der Waals surface area contributed by atoms with Crippen molar-refractivity contribution in [2.75, 3.05) is 13.2 Å². The maximum Gasteiger partial charge on any atom is 0.339 e. The van der Waals surface area contributed by atoms with Crippen LogP contribution in [-0.4, -0.2) is 24.3 Å². The smallest absolute Gasteiger partial charge is 0.339 e. The molecule has 1 aromatic rings. The van der Waals surface area contributed by atoms with Gasteiger partial charge in [0.15, 0.2) is 0 Å². The molecule has 0 amide bonds. The van der Waals surface area contributed by atoms with E-state index < -0.39 is 5.97 Å². The number of esters is 1. The molecule has 0 aliphatic carbocycles. The van der Waals surface area contributed by atoms with Crippen molar-refractivity contribution in [3.05, 3.63) is 34.9 Å². The van der Waals surface area contributed by atoms with Gasteiger partial charge in [-0.3, -0.25) is 0 Å². The van der Waals surface area contributed by atoms with Gasteiger partial charge in [-0.05, 0) is 12.1 Å². The highest BCUT2D eigenvalue weighted by molar-refractivity contribution is 6.33. The van der Waals surface area contributed by atoms with Gasteiger partial charge in [-0.2, -0.15) is 0 Å². The Morgan fingerprint density at radius 2 is 2.14 bits per heavy atom. The second-order valence-corrected chi connectivity index (χ2v) is 3.10. The molecule has 0 unspecified atom stereocenters.